The number of nitrogens with zero attached hydrogens (tertiary/aromatic N) is 2. The number of aliphatic hydroxyl groups excluding tert-OH is 1. The first-order valence-electron chi connectivity index (χ1n) is 20.3. The number of fused-ring (bicyclic) bond motifs is 7. The number of carbonyl (C=O) groups is 5. The van der Waals surface area contributed by atoms with Gasteiger partial charge in [0.05, 0.1) is 38.4 Å². The minimum atomic E-state index is -1.68. The molecule has 1 amide bonds. The number of aliphatic hydroxyl groups is 1. The normalized spacial score (nSPS) is 33.3. The van der Waals surface area contributed by atoms with Gasteiger partial charge in [-0.3, -0.25) is 19.2 Å². The van der Waals surface area contributed by atoms with Crippen LogP contribution in [0.25, 0.3) is 0 Å². The first-order chi connectivity index (χ1) is 28.0. The Bertz CT molecular complexity index is 1690. The van der Waals surface area contributed by atoms with E-state index in [0.29, 0.717) is 37.7 Å². The third-order valence-corrected chi connectivity index (χ3v) is 12.8. The number of hydrogen-bond donors (Lipinski definition) is 2. The van der Waals surface area contributed by atoms with Gasteiger partial charge in [0, 0.05) is 23.2 Å². The highest BCUT2D eigenvalue weighted by Gasteiger charge is 2.76. The SMILES string of the molecule is CCCC1O[C@@H]2C[C@H]3[C@@H]4C[C@H](F)C5=CC(=O)C=C[C@]5(C)[C@H]4[C@@H](O)C[C@]3(C)[C@@]2(C(=O)COC(=O)CC(NC(=O)CCCCCO[N+](=O)[O-])C(=O)OCCCCO[N+](=O)[O-])O1. The van der Waals surface area contributed by atoms with E-state index in [2.05, 4.69) is 15.0 Å². The molecule has 4 fully saturated rings. The number of allylic oxidation sites excluding steroid dienone is 4. The van der Waals surface area contributed by atoms with E-state index in [1.807, 2.05) is 20.8 Å². The van der Waals surface area contributed by atoms with Crippen LogP contribution in [0.4, 0.5) is 4.39 Å². The molecule has 2 N–H and O–H groups in total. The summed E-state index contributed by atoms with van der Waals surface area (Å²) in [6.45, 7) is 4.18. The van der Waals surface area contributed by atoms with Gasteiger partial charge in [0.25, 0.3) is 10.2 Å². The maximum absolute atomic E-state index is 16.0. The van der Waals surface area contributed by atoms with Crippen molar-refractivity contribution < 1.29 is 72.3 Å². The second-order valence-electron chi connectivity index (χ2n) is 16.4. The lowest BCUT2D eigenvalue weighted by molar-refractivity contribution is -0.757. The summed E-state index contributed by atoms with van der Waals surface area (Å²) in [7, 11) is 0. The van der Waals surface area contributed by atoms with Gasteiger partial charge in [-0.15, -0.1) is 20.2 Å². The largest absolute Gasteiger partial charge is 0.464 e. The fourth-order valence-corrected chi connectivity index (χ4v) is 10.3. The van der Waals surface area contributed by atoms with E-state index in [-0.39, 0.29) is 70.0 Å². The van der Waals surface area contributed by atoms with E-state index in [1.165, 1.54) is 12.2 Å². The third-order valence-electron chi connectivity index (χ3n) is 12.8. The number of rotatable bonds is 22. The molecule has 1 saturated heterocycles. The molecule has 0 radical (unpaired) electrons. The van der Waals surface area contributed by atoms with Gasteiger partial charge in [-0.2, -0.15) is 0 Å². The number of carbonyl (C=O) groups excluding carboxylic acids is 5. The van der Waals surface area contributed by atoms with Crippen LogP contribution in [0.2, 0.25) is 0 Å². The maximum Gasteiger partial charge on any atom is 0.329 e. The second-order valence-corrected chi connectivity index (χ2v) is 16.4. The third kappa shape index (κ3) is 9.75. The number of nitrogens with one attached hydrogen (secondary N) is 1. The molecule has 59 heavy (non-hydrogen) atoms. The van der Waals surface area contributed by atoms with Crippen molar-refractivity contribution in [1.82, 2.24) is 5.32 Å². The van der Waals surface area contributed by atoms with Crippen LogP contribution in [0.15, 0.2) is 23.8 Å². The van der Waals surface area contributed by atoms with Crippen molar-refractivity contribution in [2.24, 2.45) is 28.6 Å². The van der Waals surface area contributed by atoms with Crippen LogP contribution in [-0.4, -0.2) is 107 Å². The van der Waals surface area contributed by atoms with Crippen molar-refractivity contribution in [3.63, 3.8) is 0 Å². The van der Waals surface area contributed by atoms with E-state index in [0.717, 1.165) is 0 Å². The molecule has 5 aliphatic rings. The standard InChI is InChI=1S/C39H54FN3O16/c1-4-10-34-58-31-19-25-24-18-27(40)26-17-23(44)12-13-37(26,2)35(24)29(45)21-38(25,3)39(31,59-34)30(46)22-55-33(48)20-28(36(49)54-14-8-9-16-57-43(52)53)41-32(47)11-6-5-7-15-56-42(50)51/h12-13,17,24-25,27-29,31,34-35,45H,4-11,14-16,18-22H2,1-3H3,(H,41,47)/t24-,25-,27-,28?,29-,31+,34?,35+,37-,38-,39-/m0/s1. The van der Waals surface area contributed by atoms with Crippen LogP contribution < -0.4 is 5.32 Å². The lowest BCUT2D eigenvalue weighted by Crippen LogP contribution is -2.64. The number of unbranched alkanes of at least 4 members (excludes halogenated alkanes) is 3. The molecule has 19 nitrogen and oxygen atoms in total. The van der Waals surface area contributed by atoms with Crippen LogP contribution in [-0.2, 0) is 52.6 Å². The Kier molecular flexibility index (Phi) is 14.8. The van der Waals surface area contributed by atoms with Crippen LogP contribution in [0.1, 0.15) is 97.8 Å². The van der Waals surface area contributed by atoms with Crippen molar-refractivity contribution in [3.05, 3.63) is 44.0 Å². The Morgan fingerprint density at radius 3 is 2.37 bits per heavy atom. The Balaban J connectivity index is 1.28. The molecule has 0 spiro atoms. The van der Waals surface area contributed by atoms with Gasteiger partial charge in [-0.25, -0.2) is 9.18 Å². The van der Waals surface area contributed by atoms with Crippen molar-refractivity contribution in [1.29, 1.82) is 0 Å². The summed E-state index contributed by atoms with van der Waals surface area (Å²) in [5.41, 5.74) is -3.36. The van der Waals surface area contributed by atoms with Gasteiger partial charge in [0.15, 0.2) is 24.3 Å². The molecule has 1 aliphatic heterocycles. The average Bonchev–Trinajstić information content (AvgIpc) is 3.65. The zero-order chi connectivity index (χ0) is 43.1. The topological polar surface area (TPSA) is 259 Å². The zero-order valence-electron chi connectivity index (χ0n) is 33.5. The van der Waals surface area contributed by atoms with Crippen molar-refractivity contribution in [2.75, 3.05) is 26.4 Å². The Morgan fingerprint density at radius 1 is 1.02 bits per heavy atom. The van der Waals surface area contributed by atoms with Gasteiger partial charge in [0.2, 0.25) is 11.7 Å². The summed E-state index contributed by atoms with van der Waals surface area (Å²) in [5.74, 6) is -4.83. The zero-order valence-corrected chi connectivity index (χ0v) is 33.5. The number of halogens is 1. The maximum atomic E-state index is 16.0. The van der Waals surface area contributed by atoms with E-state index in [1.54, 1.807) is 6.08 Å². The molecule has 1 heterocycles. The molecule has 0 bridgehead atoms. The number of esters is 2. The molecule has 0 aromatic carbocycles. The minimum Gasteiger partial charge on any atom is -0.464 e. The highest BCUT2D eigenvalue weighted by molar-refractivity contribution is 6.01. The lowest BCUT2D eigenvalue weighted by atomic mass is 9.46. The fraction of sp³-hybridized carbons (Fsp3) is 0.769. The van der Waals surface area contributed by atoms with E-state index in [4.69, 9.17) is 18.9 Å². The van der Waals surface area contributed by atoms with E-state index >= 15 is 4.39 Å². The molecule has 11 atom stereocenters. The number of ketones is 2. The minimum absolute atomic E-state index is 0.0285. The predicted octanol–water partition coefficient (Wildman–Crippen LogP) is 3.39. The van der Waals surface area contributed by atoms with Crippen LogP contribution in [0, 0.1) is 48.8 Å². The van der Waals surface area contributed by atoms with Gasteiger partial charge < -0.3 is 39.0 Å². The summed E-state index contributed by atoms with van der Waals surface area (Å²) >= 11 is 0. The first-order valence-corrected chi connectivity index (χ1v) is 20.3. The molecule has 328 valence electrons. The van der Waals surface area contributed by atoms with Crippen molar-refractivity contribution >= 4 is 29.4 Å². The summed E-state index contributed by atoms with van der Waals surface area (Å²) in [6.07, 6.45) is 2.39. The highest BCUT2D eigenvalue weighted by Crippen LogP contribution is 2.70. The quantitative estimate of drug-likeness (QED) is 0.0685. The molecular weight excluding hydrogens is 785 g/mol. The Morgan fingerprint density at radius 2 is 1.69 bits per heavy atom. The number of ether oxygens (including phenoxy) is 4. The molecule has 5 rings (SSSR count). The van der Waals surface area contributed by atoms with Crippen LogP contribution in [0.5, 0.6) is 0 Å². The monoisotopic (exact) mass is 839 g/mol. The fourth-order valence-electron chi connectivity index (χ4n) is 10.3. The smallest absolute Gasteiger partial charge is 0.329 e. The first kappa shape index (κ1) is 45.5. The summed E-state index contributed by atoms with van der Waals surface area (Å²) < 4.78 is 39.6. The predicted molar refractivity (Wildman–Crippen MR) is 198 cm³/mol. The van der Waals surface area contributed by atoms with Crippen molar-refractivity contribution in [2.45, 2.75) is 134 Å². The summed E-state index contributed by atoms with van der Waals surface area (Å²) in [5, 5.41) is 33.2. The van der Waals surface area contributed by atoms with E-state index in [9.17, 15) is 49.3 Å². The Labute approximate surface area is 339 Å². The molecule has 20 heteroatoms. The van der Waals surface area contributed by atoms with E-state index < -0.39 is 106 Å². The van der Waals surface area contributed by atoms with Gasteiger partial charge in [0.1, 0.15) is 12.2 Å². The molecular formula is C39H54FN3O16. The van der Waals surface area contributed by atoms with Gasteiger partial charge in [-0.05, 0) is 80.9 Å². The molecule has 0 aromatic rings. The molecule has 2 unspecified atom stereocenters. The average molecular weight is 840 g/mol. The number of hydrogen-bond acceptors (Lipinski definition) is 16. The number of alkyl halides is 1. The van der Waals surface area contributed by atoms with Gasteiger partial charge >= 0.3 is 11.9 Å². The van der Waals surface area contributed by atoms with Gasteiger partial charge in [-0.1, -0.05) is 39.7 Å². The number of Topliss-reactive ketones (excluding diaryl/α,β-unsaturated/α-hetero) is 1. The summed E-state index contributed by atoms with van der Waals surface area (Å²) in [4.78, 5) is 95.2. The molecule has 4 aliphatic carbocycles. The molecule has 3 saturated carbocycles. The number of amides is 1. The lowest BCUT2D eigenvalue weighted by Gasteiger charge is -2.60. The second kappa shape index (κ2) is 19.2. The highest BCUT2D eigenvalue weighted by atomic mass is 19.1. The summed E-state index contributed by atoms with van der Waals surface area (Å²) in [6, 6.07) is -1.54. The van der Waals surface area contributed by atoms with Crippen LogP contribution >= 0.6 is 0 Å². The van der Waals surface area contributed by atoms with Crippen LogP contribution in [0.3, 0.4) is 0 Å². The molecule has 0 aromatic heterocycles. The van der Waals surface area contributed by atoms with Crippen molar-refractivity contribution in [3.8, 4) is 0 Å². The Hall–Kier alpha value is -4.56.